The smallest absolute Gasteiger partial charge is 0.273 e. The van der Waals surface area contributed by atoms with E-state index in [1.807, 2.05) is 42.5 Å². The highest BCUT2D eigenvalue weighted by Gasteiger charge is 2.14. The number of phenols is 2. The van der Waals surface area contributed by atoms with Gasteiger partial charge in [-0.15, -0.1) is 0 Å². The first-order valence-electron chi connectivity index (χ1n) is 7.98. The Balaban J connectivity index is 1.57. The molecule has 0 bridgehead atoms. The Hall–Kier alpha value is -3.80. The van der Waals surface area contributed by atoms with Crippen molar-refractivity contribution in [1.29, 1.82) is 0 Å². The lowest BCUT2D eigenvalue weighted by Gasteiger charge is -2.05. The van der Waals surface area contributed by atoms with Gasteiger partial charge in [-0.1, -0.05) is 30.3 Å². The van der Waals surface area contributed by atoms with Gasteiger partial charge in [-0.05, 0) is 41.1 Å². The van der Waals surface area contributed by atoms with Crippen LogP contribution in [0.25, 0.3) is 22.0 Å². The van der Waals surface area contributed by atoms with Crippen molar-refractivity contribution in [1.82, 2.24) is 10.2 Å². The zero-order valence-electron chi connectivity index (χ0n) is 13.6. The van der Waals surface area contributed by atoms with Gasteiger partial charge < -0.3 is 15.5 Å². The average Bonchev–Trinajstić information content (AvgIpc) is 3.11. The Kier molecular flexibility index (Phi) is 3.78. The molecule has 0 atom stereocenters. The lowest BCUT2D eigenvalue weighted by molar-refractivity contribution is 0.102. The lowest BCUT2D eigenvalue weighted by Crippen LogP contribution is -2.12. The van der Waals surface area contributed by atoms with Gasteiger partial charge in [0.05, 0.1) is 5.69 Å². The van der Waals surface area contributed by atoms with Crippen LogP contribution < -0.4 is 5.32 Å². The molecule has 0 aliphatic carbocycles. The highest BCUT2D eigenvalue weighted by molar-refractivity contribution is 6.04. The van der Waals surface area contributed by atoms with Crippen molar-refractivity contribution >= 4 is 22.4 Å². The fourth-order valence-electron chi connectivity index (χ4n) is 2.78. The van der Waals surface area contributed by atoms with Crippen LogP contribution in [-0.2, 0) is 0 Å². The molecule has 3 aromatic carbocycles. The van der Waals surface area contributed by atoms with Crippen LogP contribution in [0.5, 0.6) is 11.5 Å². The van der Waals surface area contributed by atoms with Crippen LogP contribution in [0, 0.1) is 0 Å². The van der Waals surface area contributed by atoms with Crippen molar-refractivity contribution in [2.45, 2.75) is 0 Å². The van der Waals surface area contributed by atoms with Gasteiger partial charge in [-0.3, -0.25) is 9.89 Å². The first-order valence-corrected chi connectivity index (χ1v) is 7.98. The summed E-state index contributed by atoms with van der Waals surface area (Å²) < 4.78 is 0. The average molecular weight is 345 g/mol. The van der Waals surface area contributed by atoms with Gasteiger partial charge in [-0.2, -0.15) is 5.10 Å². The van der Waals surface area contributed by atoms with Crippen LogP contribution in [0.15, 0.2) is 66.7 Å². The second-order valence-electron chi connectivity index (χ2n) is 5.88. The molecular weight excluding hydrogens is 330 g/mol. The molecule has 6 nitrogen and oxygen atoms in total. The fraction of sp³-hybridized carbons (Fsp3) is 0. The Morgan fingerprint density at radius 2 is 1.73 bits per heavy atom. The van der Waals surface area contributed by atoms with Crippen molar-refractivity contribution in [2.24, 2.45) is 0 Å². The van der Waals surface area contributed by atoms with E-state index in [9.17, 15) is 15.0 Å². The van der Waals surface area contributed by atoms with Gasteiger partial charge in [0.15, 0.2) is 0 Å². The molecule has 0 spiro atoms. The maximum absolute atomic E-state index is 12.4. The van der Waals surface area contributed by atoms with E-state index in [4.69, 9.17) is 0 Å². The van der Waals surface area contributed by atoms with E-state index in [0.717, 1.165) is 10.8 Å². The number of amides is 1. The third-order valence-electron chi connectivity index (χ3n) is 4.09. The number of aromatic amines is 1. The zero-order valence-corrected chi connectivity index (χ0v) is 13.6. The summed E-state index contributed by atoms with van der Waals surface area (Å²) >= 11 is 0. The fourth-order valence-corrected chi connectivity index (χ4v) is 2.78. The minimum absolute atomic E-state index is 0.0453. The van der Waals surface area contributed by atoms with E-state index in [1.165, 1.54) is 18.2 Å². The molecule has 26 heavy (non-hydrogen) atoms. The molecule has 0 unspecified atom stereocenters. The van der Waals surface area contributed by atoms with Gasteiger partial charge in [0, 0.05) is 17.3 Å². The summed E-state index contributed by atoms with van der Waals surface area (Å²) in [5.74, 6) is -0.494. The minimum atomic E-state index is -0.336. The normalized spacial score (nSPS) is 10.8. The molecular formula is C20H15N3O3. The van der Waals surface area contributed by atoms with Crippen LogP contribution in [0.2, 0.25) is 0 Å². The molecule has 0 aliphatic rings. The van der Waals surface area contributed by atoms with Crippen LogP contribution in [0.4, 0.5) is 5.69 Å². The van der Waals surface area contributed by atoms with E-state index in [0.29, 0.717) is 16.9 Å². The van der Waals surface area contributed by atoms with E-state index >= 15 is 0 Å². The highest BCUT2D eigenvalue weighted by atomic mass is 16.3. The Bertz CT molecular complexity index is 1120. The first-order chi connectivity index (χ1) is 12.6. The topological polar surface area (TPSA) is 98.2 Å². The molecule has 0 radical (unpaired) electrons. The van der Waals surface area contributed by atoms with Crippen molar-refractivity contribution in [3.05, 3.63) is 72.4 Å². The molecule has 0 aliphatic heterocycles. The number of carbonyl (C=O) groups excluding carboxylic acids is 1. The Labute approximate surface area is 148 Å². The number of H-pyrrole nitrogens is 1. The number of fused-ring (bicyclic) bond motifs is 1. The number of nitrogens with zero attached hydrogens (tertiary/aromatic N) is 1. The predicted octanol–water partition coefficient (Wildman–Crippen LogP) is 3.89. The number of phenolic OH excluding ortho intramolecular Hbond substituents is 2. The molecule has 0 saturated heterocycles. The van der Waals surface area contributed by atoms with Gasteiger partial charge >= 0.3 is 0 Å². The van der Waals surface area contributed by atoms with Crippen LogP contribution in [-0.4, -0.2) is 26.3 Å². The highest BCUT2D eigenvalue weighted by Crippen LogP contribution is 2.31. The molecule has 0 saturated carbocycles. The van der Waals surface area contributed by atoms with E-state index < -0.39 is 0 Å². The molecule has 1 aromatic heterocycles. The van der Waals surface area contributed by atoms with Crippen LogP contribution in [0.1, 0.15) is 10.5 Å². The van der Waals surface area contributed by atoms with E-state index in [2.05, 4.69) is 15.5 Å². The largest absolute Gasteiger partial charge is 0.508 e. The summed E-state index contributed by atoms with van der Waals surface area (Å²) in [5, 5.41) is 31.0. The Morgan fingerprint density at radius 3 is 2.54 bits per heavy atom. The molecule has 6 heteroatoms. The number of hydrogen-bond donors (Lipinski definition) is 4. The van der Waals surface area contributed by atoms with Crippen LogP contribution in [0.3, 0.4) is 0 Å². The van der Waals surface area contributed by atoms with Crippen molar-refractivity contribution in [3.8, 4) is 22.8 Å². The molecule has 4 N–H and O–H groups in total. The summed E-state index contributed by atoms with van der Waals surface area (Å²) in [6.45, 7) is 0. The van der Waals surface area contributed by atoms with Crippen molar-refractivity contribution in [3.63, 3.8) is 0 Å². The summed E-state index contributed by atoms with van der Waals surface area (Å²) in [6.07, 6.45) is 0. The summed E-state index contributed by atoms with van der Waals surface area (Å²) in [6, 6.07) is 19.3. The molecule has 1 heterocycles. The van der Waals surface area contributed by atoms with Gasteiger partial charge in [0.2, 0.25) is 0 Å². The number of aromatic nitrogens is 2. The quantitative estimate of drug-likeness (QED) is 0.453. The maximum atomic E-state index is 12.4. The second-order valence-corrected chi connectivity index (χ2v) is 5.88. The minimum Gasteiger partial charge on any atom is -0.508 e. The molecule has 0 fully saturated rings. The number of hydrogen-bond acceptors (Lipinski definition) is 4. The van der Waals surface area contributed by atoms with E-state index in [1.54, 1.807) is 6.07 Å². The number of nitrogens with one attached hydrogen (secondary N) is 2. The predicted molar refractivity (Wildman–Crippen MR) is 99.3 cm³/mol. The first kappa shape index (κ1) is 15.7. The molecule has 4 rings (SSSR count). The summed E-state index contributed by atoms with van der Waals surface area (Å²) in [7, 11) is 0. The number of rotatable bonds is 3. The molecule has 1 amide bonds. The number of benzene rings is 3. The molecule has 4 aromatic rings. The molecule has 128 valence electrons. The number of carbonyl (C=O) groups is 1. The maximum Gasteiger partial charge on any atom is 0.273 e. The van der Waals surface area contributed by atoms with E-state index in [-0.39, 0.29) is 23.1 Å². The summed E-state index contributed by atoms with van der Waals surface area (Å²) in [5.41, 5.74) is 1.77. The Morgan fingerprint density at radius 1 is 0.923 bits per heavy atom. The lowest BCUT2D eigenvalue weighted by atomic mass is 10.1. The monoisotopic (exact) mass is 345 g/mol. The SMILES string of the molecule is O=C(Nc1ccc2ccccc2c1)c1cc(-c2ccc(O)cc2O)n[nH]1. The van der Waals surface area contributed by atoms with Crippen molar-refractivity contribution < 1.29 is 15.0 Å². The standard InChI is InChI=1S/C20H15N3O3/c24-15-7-8-16(19(25)10-15)17-11-18(23-22-17)20(26)21-14-6-5-12-3-1-2-4-13(12)9-14/h1-11,24-25H,(H,21,26)(H,22,23). The number of aromatic hydroxyl groups is 2. The van der Waals surface area contributed by atoms with Crippen molar-refractivity contribution in [2.75, 3.05) is 5.32 Å². The number of anilines is 1. The van der Waals surface area contributed by atoms with Gasteiger partial charge in [0.25, 0.3) is 5.91 Å². The van der Waals surface area contributed by atoms with Gasteiger partial charge in [-0.25, -0.2) is 0 Å². The second kappa shape index (κ2) is 6.25. The zero-order chi connectivity index (χ0) is 18.1. The third kappa shape index (κ3) is 2.95. The van der Waals surface area contributed by atoms with Gasteiger partial charge in [0.1, 0.15) is 17.2 Å². The third-order valence-corrected chi connectivity index (χ3v) is 4.09. The summed E-state index contributed by atoms with van der Waals surface area (Å²) in [4.78, 5) is 12.4. The van der Waals surface area contributed by atoms with Crippen LogP contribution >= 0.6 is 0 Å².